The summed E-state index contributed by atoms with van der Waals surface area (Å²) in [6, 6.07) is 25.5. The van der Waals surface area contributed by atoms with Crippen molar-refractivity contribution in [2.24, 2.45) is 5.92 Å². The normalized spacial score (nSPS) is 23.5. The lowest BCUT2D eigenvalue weighted by molar-refractivity contribution is -0.121. The fourth-order valence-electron chi connectivity index (χ4n) is 7.13. The highest BCUT2D eigenvalue weighted by Gasteiger charge is 2.70. The van der Waals surface area contributed by atoms with E-state index >= 15 is 0 Å². The number of anilines is 2. The van der Waals surface area contributed by atoms with Crippen molar-refractivity contribution in [1.82, 2.24) is 0 Å². The molecule has 1 saturated heterocycles. The standard InChI is InChI=1S/C35H27FN2O4/c1-20-18-29-35(26-11-4-5-12-27(26)37-34(35)41)30(32(39)21-14-16-23(36)17-15-21)31(38(29)28-13-6-3-10-25(20)28)33(40)22-8-7-9-24(19-22)42-2/h3-19,29-31H,1-2H3,(H,37,41)/t29-,30+,31-,35+/m1/s1. The summed E-state index contributed by atoms with van der Waals surface area (Å²) in [5.74, 6) is -2.16. The number of Topliss-reactive ketones (excluding diaryl/α,β-unsaturated/α-hetero) is 2. The highest BCUT2D eigenvalue weighted by atomic mass is 19.1. The molecular formula is C35H27FN2O4. The molecule has 1 fully saturated rings. The van der Waals surface area contributed by atoms with Crippen molar-refractivity contribution < 1.29 is 23.5 Å². The van der Waals surface area contributed by atoms with Crippen LogP contribution in [-0.2, 0) is 10.2 Å². The van der Waals surface area contributed by atoms with Crippen LogP contribution >= 0.6 is 0 Å². The van der Waals surface area contributed by atoms with Crippen molar-refractivity contribution in [3.05, 3.63) is 131 Å². The minimum atomic E-state index is -1.43. The lowest BCUT2D eigenvalue weighted by Crippen LogP contribution is -2.51. The molecule has 4 aromatic carbocycles. The van der Waals surface area contributed by atoms with E-state index in [1.165, 1.54) is 31.4 Å². The number of halogens is 1. The van der Waals surface area contributed by atoms with E-state index in [-0.39, 0.29) is 17.3 Å². The van der Waals surface area contributed by atoms with Crippen LogP contribution in [0.15, 0.2) is 103 Å². The van der Waals surface area contributed by atoms with E-state index < -0.39 is 35.0 Å². The molecular weight excluding hydrogens is 531 g/mol. The van der Waals surface area contributed by atoms with Gasteiger partial charge in [-0.15, -0.1) is 0 Å². The number of carbonyl (C=O) groups excluding carboxylic acids is 3. The van der Waals surface area contributed by atoms with Gasteiger partial charge in [-0.25, -0.2) is 4.39 Å². The third-order valence-corrected chi connectivity index (χ3v) is 8.92. The maximum atomic E-state index is 14.8. The molecule has 1 amide bonds. The van der Waals surface area contributed by atoms with Crippen molar-refractivity contribution in [1.29, 1.82) is 0 Å². The lowest BCUT2D eigenvalue weighted by atomic mass is 9.64. The summed E-state index contributed by atoms with van der Waals surface area (Å²) >= 11 is 0. The summed E-state index contributed by atoms with van der Waals surface area (Å²) < 4.78 is 19.4. The first-order chi connectivity index (χ1) is 20.4. The average molecular weight is 559 g/mol. The molecule has 6 nitrogen and oxygen atoms in total. The van der Waals surface area contributed by atoms with Gasteiger partial charge in [-0.05, 0) is 66.6 Å². The molecule has 0 unspecified atom stereocenters. The maximum Gasteiger partial charge on any atom is 0.238 e. The molecule has 3 aliphatic rings. The van der Waals surface area contributed by atoms with Gasteiger partial charge in [0, 0.05) is 28.1 Å². The number of ketones is 2. The van der Waals surface area contributed by atoms with Crippen LogP contribution in [0.5, 0.6) is 5.75 Å². The molecule has 208 valence electrons. The summed E-state index contributed by atoms with van der Waals surface area (Å²) in [5, 5.41) is 3.03. The molecule has 7 rings (SSSR count). The number of fused-ring (bicyclic) bond motifs is 6. The summed E-state index contributed by atoms with van der Waals surface area (Å²) in [6.07, 6.45) is 2.01. The van der Waals surface area contributed by atoms with E-state index in [0.717, 1.165) is 16.8 Å². The molecule has 3 heterocycles. The van der Waals surface area contributed by atoms with Gasteiger partial charge >= 0.3 is 0 Å². The topological polar surface area (TPSA) is 75.7 Å². The molecule has 0 aromatic heterocycles. The number of amides is 1. The highest BCUT2D eigenvalue weighted by molar-refractivity contribution is 6.18. The zero-order chi connectivity index (χ0) is 29.2. The zero-order valence-electron chi connectivity index (χ0n) is 23.0. The van der Waals surface area contributed by atoms with Gasteiger partial charge in [-0.1, -0.05) is 54.6 Å². The van der Waals surface area contributed by atoms with Crippen LogP contribution in [0.2, 0.25) is 0 Å². The number of allylic oxidation sites excluding steroid dienone is 1. The molecule has 3 aliphatic heterocycles. The van der Waals surface area contributed by atoms with E-state index in [2.05, 4.69) is 5.32 Å². The minimum Gasteiger partial charge on any atom is -0.497 e. The second-order valence-electron chi connectivity index (χ2n) is 11.0. The number of hydrogen-bond donors (Lipinski definition) is 1. The first-order valence-corrected chi connectivity index (χ1v) is 13.8. The molecule has 4 atom stereocenters. The predicted octanol–water partition coefficient (Wildman–Crippen LogP) is 6.08. The zero-order valence-corrected chi connectivity index (χ0v) is 23.0. The second kappa shape index (κ2) is 9.52. The smallest absolute Gasteiger partial charge is 0.238 e. The van der Waals surface area contributed by atoms with Crippen LogP contribution in [0.3, 0.4) is 0 Å². The predicted molar refractivity (Wildman–Crippen MR) is 158 cm³/mol. The van der Waals surface area contributed by atoms with E-state index in [4.69, 9.17) is 4.74 Å². The number of carbonyl (C=O) groups is 3. The largest absolute Gasteiger partial charge is 0.497 e. The number of nitrogens with zero attached hydrogens (tertiary/aromatic N) is 1. The van der Waals surface area contributed by atoms with Crippen LogP contribution in [0.1, 0.15) is 38.8 Å². The van der Waals surface area contributed by atoms with Crippen molar-refractivity contribution in [2.75, 3.05) is 17.3 Å². The molecule has 7 heteroatoms. The van der Waals surface area contributed by atoms with Crippen LogP contribution in [0, 0.1) is 11.7 Å². The quantitative estimate of drug-likeness (QED) is 0.301. The van der Waals surface area contributed by atoms with E-state index in [0.29, 0.717) is 22.6 Å². The second-order valence-corrected chi connectivity index (χ2v) is 11.0. The fraction of sp³-hybridized carbons (Fsp3) is 0.171. The molecule has 42 heavy (non-hydrogen) atoms. The Hall–Kier alpha value is -5.04. The van der Waals surface area contributed by atoms with Crippen molar-refractivity contribution in [3.8, 4) is 5.75 Å². The van der Waals surface area contributed by atoms with Crippen LogP contribution in [-0.4, -0.2) is 36.7 Å². The number of methoxy groups -OCH3 is 1. The van der Waals surface area contributed by atoms with Crippen molar-refractivity contribution >= 4 is 34.4 Å². The Morgan fingerprint density at radius 1 is 0.881 bits per heavy atom. The van der Waals surface area contributed by atoms with E-state index in [9.17, 15) is 18.8 Å². The third kappa shape index (κ3) is 3.52. The van der Waals surface area contributed by atoms with Gasteiger partial charge in [0.15, 0.2) is 11.6 Å². The number of rotatable bonds is 5. The number of hydrogen-bond acceptors (Lipinski definition) is 5. The average Bonchev–Trinajstić information content (AvgIpc) is 3.49. The molecule has 0 radical (unpaired) electrons. The van der Waals surface area contributed by atoms with E-state index in [1.807, 2.05) is 66.4 Å². The Bertz CT molecular complexity index is 1810. The number of nitrogens with one attached hydrogen (secondary N) is 1. The van der Waals surface area contributed by atoms with Crippen molar-refractivity contribution in [2.45, 2.75) is 24.4 Å². The lowest BCUT2D eigenvalue weighted by Gasteiger charge is -2.39. The summed E-state index contributed by atoms with van der Waals surface area (Å²) in [6.45, 7) is 1.98. The third-order valence-electron chi connectivity index (χ3n) is 8.92. The number of ether oxygens (including phenoxy) is 1. The maximum absolute atomic E-state index is 14.8. The highest BCUT2D eigenvalue weighted by Crippen LogP contribution is 2.58. The molecule has 0 saturated carbocycles. The fourth-order valence-corrected chi connectivity index (χ4v) is 7.13. The van der Waals surface area contributed by atoms with Gasteiger partial charge < -0.3 is 15.0 Å². The molecule has 1 N–H and O–H groups in total. The monoisotopic (exact) mass is 558 g/mol. The Morgan fingerprint density at radius 2 is 1.62 bits per heavy atom. The van der Waals surface area contributed by atoms with Crippen LogP contribution in [0.25, 0.3) is 5.57 Å². The number of para-hydroxylation sites is 2. The van der Waals surface area contributed by atoms with Gasteiger partial charge in [0.25, 0.3) is 0 Å². The van der Waals surface area contributed by atoms with Gasteiger partial charge in [-0.3, -0.25) is 14.4 Å². The van der Waals surface area contributed by atoms with Gasteiger partial charge in [0.2, 0.25) is 5.91 Å². The van der Waals surface area contributed by atoms with Gasteiger partial charge in [0.05, 0.1) is 19.1 Å². The summed E-state index contributed by atoms with van der Waals surface area (Å²) in [5.41, 5.74) is 3.08. The molecule has 0 aliphatic carbocycles. The summed E-state index contributed by atoms with van der Waals surface area (Å²) in [7, 11) is 1.53. The van der Waals surface area contributed by atoms with Crippen LogP contribution in [0.4, 0.5) is 15.8 Å². The minimum absolute atomic E-state index is 0.232. The summed E-state index contributed by atoms with van der Waals surface area (Å²) in [4.78, 5) is 45.9. The molecule has 1 spiro atoms. The number of benzene rings is 4. The van der Waals surface area contributed by atoms with Gasteiger partial charge in [0.1, 0.15) is 23.0 Å². The van der Waals surface area contributed by atoms with E-state index in [1.54, 1.807) is 24.3 Å². The Kier molecular flexibility index (Phi) is 5.87. The Balaban J connectivity index is 1.55. The Morgan fingerprint density at radius 3 is 2.40 bits per heavy atom. The first kappa shape index (κ1) is 25.9. The Labute approximate surface area is 242 Å². The van der Waals surface area contributed by atoms with Crippen LogP contribution < -0.4 is 15.0 Å². The molecule has 0 bridgehead atoms. The molecule has 4 aromatic rings. The van der Waals surface area contributed by atoms with Gasteiger partial charge in [-0.2, -0.15) is 0 Å². The first-order valence-electron chi connectivity index (χ1n) is 13.8. The SMILES string of the molecule is COc1cccc(C(=O)[C@H]2[C@@H](C(=O)c3ccc(F)cc3)[C@@]3(C(=O)Nc4ccccc43)[C@H]3C=C(C)c4ccccc4N23)c1. The van der Waals surface area contributed by atoms with Crippen molar-refractivity contribution in [3.63, 3.8) is 0 Å².